The molecule has 0 radical (unpaired) electrons. The molecule has 23 heavy (non-hydrogen) atoms. The molecule has 0 fully saturated rings. The van der Waals surface area contributed by atoms with Gasteiger partial charge in [0.05, 0.1) is 0 Å². The fourth-order valence-electron chi connectivity index (χ4n) is 3.23. The number of aromatic amines is 1. The highest BCUT2D eigenvalue weighted by Gasteiger charge is 2.07. The predicted octanol–water partition coefficient (Wildman–Crippen LogP) is 6.78. The minimum absolute atomic E-state index is 0.523. The van der Waals surface area contributed by atoms with Crippen molar-refractivity contribution < 1.29 is 0 Å². The molecule has 0 amide bonds. The van der Waals surface area contributed by atoms with Crippen molar-refractivity contribution in [3.8, 4) is 0 Å². The second-order valence-electron chi connectivity index (χ2n) is 7.16. The highest BCUT2D eigenvalue weighted by molar-refractivity contribution is 4.89. The van der Waals surface area contributed by atoms with E-state index in [9.17, 15) is 0 Å². The van der Waals surface area contributed by atoms with Crippen molar-refractivity contribution >= 4 is 0 Å². The van der Waals surface area contributed by atoms with Crippen LogP contribution in [0.15, 0.2) is 6.33 Å². The summed E-state index contributed by atoms with van der Waals surface area (Å²) in [5.41, 5.74) is 0. The first-order chi connectivity index (χ1) is 11.3. The summed E-state index contributed by atoms with van der Waals surface area (Å²) < 4.78 is 0. The van der Waals surface area contributed by atoms with Gasteiger partial charge in [0, 0.05) is 5.92 Å². The molecule has 134 valence electrons. The van der Waals surface area contributed by atoms with E-state index < -0.39 is 0 Å². The largest absolute Gasteiger partial charge is 0.263 e. The summed E-state index contributed by atoms with van der Waals surface area (Å²) >= 11 is 0. The van der Waals surface area contributed by atoms with Crippen LogP contribution in [0.5, 0.6) is 0 Å². The van der Waals surface area contributed by atoms with E-state index in [4.69, 9.17) is 0 Å². The molecule has 0 bridgehead atoms. The molecule has 0 aliphatic heterocycles. The fourth-order valence-corrected chi connectivity index (χ4v) is 3.23. The summed E-state index contributed by atoms with van der Waals surface area (Å²) in [7, 11) is 0. The SMILES string of the molecule is CCCCCCCCCCCCCCCCC(C)c1ncn[nH]1. The molecule has 0 saturated carbocycles. The second-order valence-corrected chi connectivity index (χ2v) is 7.16. The van der Waals surface area contributed by atoms with Gasteiger partial charge in [0.1, 0.15) is 12.2 Å². The lowest BCUT2D eigenvalue weighted by molar-refractivity contribution is 0.520. The number of unbranched alkanes of at least 4 members (excludes halogenated alkanes) is 13. The monoisotopic (exact) mass is 321 g/mol. The van der Waals surface area contributed by atoms with E-state index in [0.29, 0.717) is 5.92 Å². The number of nitrogens with zero attached hydrogens (tertiary/aromatic N) is 2. The number of hydrogen-bond donors (Lipinski definition) is 1. The third kappa shape index (κ3) is 11.3. The molecule has 1 heterocycles. The molecule has 1 rings (SSSR count). The first kappa shape index (κ1) is 20.2. The van der Waals surface area contributed by atoms with Crippen molar-refractivity contribution in [3.05, 3.63) is 12.2 Å². The van der Waals surface area contributed by atoms with Crippen LogP contribution in [-0.2, 0) is 0 Å². The smallest absolute Gasteiger partial charge is 0.137 e. The number of hydrogen-bond acceptors (Lipinski definition) is 2. The molecule has 0 aliphatic rings. The molecule has 0 aliphatic carbocycles. The fraction of sp³-hybridized carbons (Fsp3) is 0.900. The lowest BCUT2D eigenvalue weighted by Crippen LogP contribution is -1.96. The highest BCUT2D eigenvalue weighted by atomic mass is 15.2. The normalized spacial score (nSPS) is 12.6. The molecule has 0 aromatic carbocycles. The second kappa shape index (κ2) is 14.7. The third-order valence-electron chi connectivity index (χ3n) is 4.89. The maximum Gasteiger partial charge on any atom is 0.137 e. The van der Waals surface area contributed by atoms with Gasteiger partial charge in [0.25, 0.3) is 0 Å². The first-order valence-corrected chi connectivity index (χ1v) is 10.2. The van der Waals surface area contributed by atoms with Crippen LogP contribution >= 0.6 is 0 Å². The molecule has 1 unspecified atom stereocenters. The van der Waals surface area contributed by atoms with E-state index in [1.807, 2.05) is 0 Å². The van der Waals surface area contributed by atoms with E-state index in [1.54, 1.807) is 6.33 Å². The van der Waals surface area contributed by atoms with Gasteiger partial charge in [-0.1, -0.05) is 104 Å². The molecular weight excluding hydrogens is 282 g/mol. The number of nitrogens with one attached hydrogen (secondary N) is 1. The maximum absolute atomic E-state index is 4.23. The average molecular weight is 322 g/mol. The van der Waals surface area contributed by atoms with E-state index in [1.165, 1.54) is 96.3 Å². The van der Waals surface area contributed by atoms with Crippen LogP contribution in [0.3, 0.4) is 0 Å². The van der Waals surface area contributed by atoms with E-state index >= 15 is 0 Å². The molecule has 0 saturated heterocycles. The Bertz CT molecular complexity index is 335. The van der Waals surface area contributed by atoms with Crippen molar-refractivity contribution in [1.82, 2.24) is 15.2 Å². The summed E-state index contributed by atoms with van der Waals surface area (Å²) in [4.78, 5) is 4.23. The Morgan fingerprint density at radius 3 is 1.70 bits per heavy atom. The van der Waals surface area contributed by atoms with Gasteiger partial charge >= 0.3 is 0 Å². The third-order valence-corrected chi connectivity index (χ3v) is 4.89. The van der Waals surface area contributed by atoms with Crippen LogP contribution in [-0.4, -0.2) is 15.2 Å². The molecule has 0 spiro atoms. The Labute approximate surface area is 144 Å². The lowest BCUT2D eigenvalue weighted by atomic mass is 10.0. The van der Waals surface area contributed by atoms with Crippen molar-refractivity contribution in [3.63, 3.8) is 0 Å². The van der Waals surface area contributed by atoms with Crippen LogP contribution < -0.4 is 0 Å². The zero-order chi connectivity index (χ0) is 16.6. The van der Waals surface area contributed by atoms with Gasteiger partial charge in [-0.15, -0.1) is 0 Å². The quantitative estimate of drug-likeness (QED) is 0.341. The van der Waals surface area contributed by atoms with Gasteiger partial charge in [0.15, 0.2) is 0 Å². The molecule has 3 heteroatoms. The Kier molecular flexibility index (Phi) is 12.9. The van der Waals surface area contributed by atoms with Gasteiger partial charge in [-0.2, -0.15) is 5.10 Å². The zero-order valence-corrected chi connectivity index (χ0v) is 15.7. The molecular formula is C20H39N3. The van der Waals surface area contributed by atoms with Gasteiger partial charge in [-0.05, 0) is 6.42 Å². The van der Waals surface area contributed by atoms with Gasteiger partial charge in [-0.25, -0.2) is 4.98 Å². The van der Waals surface area contributed by atoms with E-state index in [0.717, 1.165) is 5.82 Å². The molecule has 1 N–H and O–H groups in total. The first-order valence-electron chi connectivity index (χ1n) is 10.2. The van der Waals surface area contributed by atoms with E-state index in [2.05, 4.69) is 29.0 Å². The molecule has 1 aromatic rings. The lowest BCUT2D eigenvalue weighted by Gasteiger charge is -2.07. The maximum atomic E-state index is 4.23. The zero-order valence-electron chi connectivity index (χ0n) is 15.7. The van der Waals surface area contributed by atoms with Crippen LogP contribution in [0.25, 0.3) is 0 Å². The summed E-state index contributed by atoms with van der Waals surface area (Å²) in [6.07, 6.45) is 22.8. The highest BCUT2D eigenvalue weighted by Crippen LogP contribution is 2.19. The van der Waals surface area contributed by atoms with Crippen molar-refractivity contribution in [1.29, 1.82) is 0 Å². The Balaban J connectivity index is 1.75. The van der Waals surface area contributed by atoms with Crippen molar-refractivity contribution in [2.24, 2.45) is 0 Å². The van der Waals surface area contributed by atoms with Crippen LogP contribution in [0.2, 0.25) is 0 Å². The minimum Gasteiger partial charge on any atom is -0.263 e. The molecule has 3 nitrogen and oxygen atoms in total. The summed E-state index contributed by atoms with van der Waals surface area (Å²) in [6.45, 7) is 4.53. The van der Waals surface area contributed by atoms with Crippen LogP contribution in [0.4, 0.5) is 0 Å². The predicted molar refractivity (Wildman–Crippen MR) is 99.7 cm³/mol. The number of H-pyrrole nitrogens is 1. The number of rotatable bonds is 16. The van der Waals surface area contributed by atoms with Gasteiger partial charge in [0.2, 0.25) is 0 Å². The summed E-state index contributed by atoms with van der Waals surface area (Å²) in [6, 6.07) is 0. The molecule has 1 aromatic heterocycles. The van der Waals surface area contributed by atoms with Gasteiger partial charge in [-0.3, -0.25) is 5.10 Å². The number of aromatic nitrogens is 3. The Morgan fingerprint density at radius 1 is 0.783 bits per heavy atom. The van der Waals surface area contributed by atoms with Crippen molar-refractivity contribution in [2.45, 2.75) is 116 Å². The summed E-state index contributed by atoms with van der Waals surface area (Å²) in [5, 5.41) is 6.90. The van der Waals surface area contributed by atoms with Crippen LogP contribution in [0, 0.1) is 0 Å². The van der Waals surface area contributed by atoms with Crippen molar-refractivity contribution in [2.75, 3.05) is 0 Å². The average Bonchev–Trinajstić information content (AvgIpc) is 3.09. The standard InChI is InChI=1S/C20H39N3/c1-3-4-5-6-7-8-9-10-11-12-13-14-15-16-17-19(2)20-21-18-22-23-20/h18-19H,3-17H2,1-2H3,(H,21,22,23). The van der Waals surface area contributed by atoms with E-state index in [-0.39, 0.29) is 0 Å². The van der Waals surface area contributed by atoms with Gasteiger partial charge < -0.3 is 0 Å². The molecule has 1 atom stereocenters. The Hall–Kier alpha value is -0.860. The summed E-state index contributed by atoms with van der Waals surface area (Å²) in [5.74, 6) is 1.56. The topological polar surface area (TPSA) is 41.6 Å². The Morgan fingerprint density at radius 2 is 1.26 bits per heavy atom. The van der Waals surface area contributed by atoms with Crippen LogP contribution in [0.1, 0.15) is 122 Å². The minimum atomic E-state index is 0.523.